The molecule has 0 bridgehead atoms. The molecule has 3 heteroatoms. The Bertz CT molecular complexity index is 532. The van der Waals surface area contributed by atoms with E-state index >= 15 is 0 Å². The van der Waals surface area contributed by atoms with Crippen LogP contribution in [0.1, 0.15) is 32.4 Å². The molecule has 2 rings (SSSR count). The lowest BCUT2D eigenvalue weighted by atomic mass is 10.1. The molecule has 0 unspecified atom stereocenters. The fourth-order valence-electron chi connectivity index (χ4n) is 1.90. The maximum Gasteiger partial charge on any atom is 0.0727 e. The Balaban J connectivity index is 2.67. The maximum absolute atomic E-state index is 5.83. The van der Waals surface area contributed by atoms with Gasteiger partial charge in [0.05, 0.1) is 5.52 Å². The van der Waals surface area contributed by atoms with E-state index in [1.165, 1.54) is 0 Å². The predicted molar refractivity (Wildman–Crippen MR) is 74.4 cm³/mol. The molecule has 0 amide bonds. The first-order chi connectivity index (χ1) is 8.11. The molecule has 0 saturated heterocycles. The molecule has 0 fully saturated rings. The second-order valence-electron chi connectivity index (χ2n) is 4.56. The number of hydrogen-bond donors (Lipinski definition) is 2. The van der Waals surface area contributed by atoms with Crippen molar-refractivity contribution in [3.8, 4) is 0 Å². The standard InChI is InChI=1S/C14H19N3/c1-4-16-14-8-13(9(2)3)17-12-6-5-10(15)7-11(12)14/h5-9H,4,15H2,1-3H3,(H,16,17). The smallest absolute Gasteiger partial charge is 0.0727 e. The number of pyridine rings is 1. The van der Waals surface area contributed by atoms with Crippen molar-refractivity contribution in [3.63, 3.8) is 0 Å². The van der Waals surface area contributed by atoms with Gasteiger partial charge in [0.15, 0.2) is 0 Å². The highest BCUT2D eigenvalue weighted by molar-refractivity contribution is 5.93. The third kappa shape index (κ3) is 2.33. The number of nitrogens with two attached hydrogens (primary N) is 1. The second-order valence-corrected chi connectivity index (χ2v) is 4.56. The summed E-state index contributed by atoms with van der Waals surface area (Å²) >= 11 is 0. The van der Waals surface area contributed by atoms with Crippen LogP contribution < -0.4 is 11.1 Å². The number of hydrogen-bond acceptors (Lipinski definition) is 3. The first-order valence-corrected chi connectivity index (χ1v) is 6.06. The summed E-state index contributed by atoms with van der Waals surface area (Å²) in [5.74, 6) is 0.425. The van der Waals surface area contributed by atoms with E-state index in [0.717, 1.165) is 34.5 Å². The number of nitrogen functional groups attached to an aromatic ring is 1. The minimum absolute atomic E-state index is 0.425. The molecule has 2 aromatic rings. The van der Waals surface area contributed by atoms with Gasteiger partial charge < -0.3 is 11.1 Å². The van der Waals surface area contributed by atoms with Crippen molar-refractivity contribution < 1.29 is 0 Å². The molecular formula is C14H19N3. The highest BCUT2D eigenvalue weighted by Gasteiger charge is 2.08. The lowest BCUT2D eigenvalue weighted by molar-refractivity contribution is 0.830. The molecule has 1 aromatic heterocycles. The van der Waals surface area contributed by atoms with Gasteiger partial charge in [0.1, 0.15) is 0 Å². The molecule has 0 saturated carbocycles. The van der Waals surface area contributed by atoms with Crippen LogP contribution in [0.5, 0.6) is 0 Å². The fraction of sp³-hybridized carbons (Fsp3) is 0.357. The van der Waals surface area contributed by atoms with Gasteiger partial charge in [-0.05, 0) is 37.1 Å². The lowest BCUT2D eigenvalue weighted by Crippen LogP contribution is -2.02. The van der Waals surface area contributed by atoms with E-state index in [0.29, 0.717) is 5.92 Å². The van der Waals surface area contributed by atoms with Crippen molar-refractivity contribution in [3.05, 3.63) is 30.0 Å². The zero-order valence-electron chi connectivity index (χ0n) is 10.6. The van der Waals surface area contributed by atoms with E-state index < -0.39 is 0 Å². The fourth-order valence-corrected chi connectivity index (χ4v) is 1.90. The van der Waals surface area contributed by atoms with Gasteiger partial charge in [-0.3, -0.25) is 4.98 Å². The van der Waals surface area contributed by atoms with Gasteiger partial charge in [-0.15, -0.1) is 0 Å². The summed E-state index contributed by atoms with van der Waals surface area (Å²) in [5, 5.41) is 4.47. The van der Waals surface area contributed by atoms with Crippen LogP contribution in [0.25, 0.3) is 10.9 Å². The first-order valence-electron chi connectivity index (χ1n) is 6.06. The number of fused-ring (bicyclic) bond motifs is 1. The van der Waals surface area contributed by atoms with Crippen LogP contribution in [0.4, 0.5) is 11.4 Å². The number of nitrogens with one attached hydrogen (secondary N) is 1. The molecule has 0 aliphatic heterocycles. The summed E-state index contributed by atoms with van der Waals surface area (Å²) < 4.78 is 0. The number of benzene rings is 1. The molecule has 1 heterocycles. The van der Waals surface area contributed by atoms with Gasteiger partial charge in [0, 0.05) is 29.0 Å². The predicted octanol–water partition coefficient (Wildman–Crippen LogP) is 3.37. The average molecular weight is 229 g/mol. The van der Waals surface area contributed by atoms with Gasteiger partial charge in [-0.25, -0.2) is 0 Å². The minimum atomic E-state index is 0.425. The van der Waals surface area contributed by atoms with Crippen molar-refractivity contribution in [2.24, 2.45) is 0 Å². The van der Waals surface area contributed by atoms with E-state index in [-0.39, 0.29) is 0 Å². The topological polar surface area (TPSA) is 50.9 Å². The van der Waals surface area contributed by atoms with Crippen LogP contribution >= 0.6 is 0 Å². The Morgan fingerprint density at radius 1 is 1.29 bits per heavy atom. The van der Waals surface area contributed by atoms with Gasteiger partial charge in [0.25, 0.3) is 0 Å². The molecule has 1 aromatic carbocycles. The van der Waals surface area contributed by atoms with Crippen LogP contribution in [0.15, 0.2) is 24.3 Å². The number of rotatable bonds is 3. The zero-order valence-corrected chi connectivity index (χ0v) is 10.6. The Labute approximate surface area is 102 Å². The van der Waals surface area contributed by atoms with E-state index in [9.17, 15) is 0 Å². The summed E-state index contributed by atoms with van der Waals surface area (Å²) in [4.78, 5) is 4.66. The van der Waals surface area contributed by atoms with Gasteiger partial charge >= 0.3 is 0 Å². The van der Waals surface area contributed by atoms with Crippen LogP contribution in [-0.4, -0.2) is 11.5 Å². The normalized spacial score (nSPS) is 11.1. The summed E-state index contributed by atoms with van der Waals surface area (Å²) in [5.41, 5.74) is 9.83. The maximum atomic E-state index is 5.83. The Hall–Kier alpha value is -1.77. The van der Waals surface area contributed by atoms with Crippen molar-refractivity contribution in [1.29, 1.82) is 0 Å². The molecule has 0 atom stereocenters. The quantitative estimate of drug-likeness (QED) is 0.793. The molecule has 3 N–H and O–H groups in total. The average Bonchev–Trinajstić information content (AvgIpc) is 2.29. The van der Waals surface area contributed by atoms with Crippen LogP contribution in [0, 0.1) is 0 Å². The molecular weight excluding hydrogens is 210 g/mol. The Kier molecular flexibility index (Phi) is 3.18. The van der Waals surface area contributed by atoms with Crippen molar-refractivity contribution >= 4 is 22.3 Å². The monoisotopic (exact) mass is 229 g/mol. The number of nitrogens with zero attached hydrogens (tertiary/aromatic N) is 1. The van der Waals surface area contributed by atoms with Crippen LogP contribution in [0.3, 0.4) is 0 Å². The highest BCUT2D eigenvalue weighted by Crippen LogP contribution is 2.27. The van der Waals surface area contributed by atoms with E-state index in [1.807, 2.05) is 18.2 Å². The molecule has 0 aliphatic carbocycles. The molecule has 0 spiro atoms. The van der Waals surface area contributed by atoms with Crippen molar-refractivity contribution in [2.45, 2.75) is 26.7 Å². The zero-order chi connectivity index (χ0) is 12.4. The van der Waals surface area contributed by atoms with Crippen molar-refractivity contribution in [1.82, 2.24) is 4.98 Å². The third-order valence-electron chi connectivity index (χ3n) is 2.81. The molecule has 17 heavy (non-hydrogen) atoms. The van der Waals surface area contributed by atoms with Gasteiger partial charge in [0.2, 0.25) is 0 Å². The van der Waals surface area contributed by atoms with Gasteiger partial charge in [-0.1, -0.05) is 13.8 Å². The SMILES string of the molecule is CCNc1cc(C(C)C)nc2ccc(N)cc12. The number of anilines is 2. The minimum Gasteiger partial charge on any atom is -0.399 e. The van der Waals surface area contributed by atoms with E-state index in [2.05, 4.69) is 37.1 Å². The van der Waals surface area contributed by atoms with Crippen LogP contribution in [-0.2, 0) is 0 Å². The first kappa shape index (κ1) is 11.7. The van der Waals surface area contributed by atoms with E-state index in [4.69, 9.17) is 5.73 Å². The second kappa shape index (κ2) is 4.62. The Morgan fingerprint density at radius 2 is 2.06 bits per heavy atom. The highest BCUT2D eigenvalue weighted by atomic mass is 14.9. The summed E-state index contributed by atoms with van der Waals surface area (Å²) in [6.45, 7) is 7.29. The molecule has 0 radical (unpaired) electrons. The largest absolute Gasteiger partial charge is 0.399 e. The van der Waals surface area contributed by atoms with Gasteiger partial charge in [-0.2, -0.15) is 0 Å². The molecule has 90 valence electrons. The summed E-state index contributed by atoms with van der Waals surface area (Å²) in [7, 11) is 0. The van der Waals surface area contributed by atoms with E-state index in [1.54, 1.807) is 0 Å². The number of aromatic nitrogens is 1. The van der Waals surface area contributed by atoms with Crippen molar-refractivity contribution in [2.75, 3.05) is 17.6 Å². The lowest BCUT2D eigenvalue weighted by Gasteiger charge is -2.12. The summed E-state index contributed by atoms with van der Waals surface area (Å²) in [6, 6.07) is 7.98. The van der Waals surface area contributed by atoms with Crippen LogP contribution in [0.2, 0.25) is 0 Å². The summed E-state index contributed by atoms with van der Waals surface area (Å²) in [6.07, 6.45) is 0. The molecule has 3 nitrogen and oxygen atoms in total. The Morgan fingerprint density at radius 3 is 2.71 bits per heavy atom. The third-order valence-corrected chi connectivity index (χ3v) is 2.81. The molecule has 0 aliphatic rings.